The predicted octanol–water partition coefficient (Wildman–Crippen LogP) is 4.21. The molecule has 1 saturated heterocycles. The first kappa shape index (κ1) is 14.3. The Morgan fingerprint density at radius 1 is 1.11 bits per heavy atom. The van der Waals surface area contributed by atoms with E-state index in [4.69, 9.17) is 4.74 Å². The Morgan fingerprint density at radius 2 is 1.68 bits per heavy atom. The highest BCUT2D eigenvalue weighted by molar-refractivity contribution is 6.84. The number of carbonyl (C=O) groups excluding carboxylic acids is 1. The topological polar surface area (TPSA) is 26.3 Å². The second-order valence-electron chi connectivity index (χ2n) is 5.55. The molecule has 0 radical (unpaired) electrons. The first-order chi connectivity index (χ1) is 9.18. The summed E-state index contributed by atoms with van der Waals surface area (Å²) in [6, 6.07) is 13.9. The molecule has 0 amide bonds. The Balaban J connectivity index is 2.37. The summed E-state index contributed by atoms with van der Waals surface area (Å²) >= 11 is 0. The van der Waals surface area contributed by atoms with Crippen LogP contribution in [0.15, 0.2) is 30.3 Å². The maximum atomic E-state index is 12.3. The minimum Gasteiger partial charge on any atom is -0.465 e. The summed E-state index contributed by atoms with van der Waals surface area (Å²) in [6.45, 7) is 7.34. The van der Waals surface area contributed by atoms with E-state index in [0.717, 1.165) is 0 Å². The first-order valence-corrected chi connectivity index (χ1v) is 10.1. The molecule has 19 heavy (non-hydrogen) atoms. The van der Waals surface area contributed by atoms with Crippen molar-refractivity contribution in [2.75, 3.05) is 6.61 Å². The highest BCUT2D eigenvalue weighted by Gasteiger charge is 2.50. The third-order valence-corrected chi connectivity index (χ3v) is 11.2. The van der Waals surface area contributed by atoms with Crippen LogP contribution in [0.2, 0.25) is 23.7 Å². The van der Waals surface area contributed by atoms with E-state index in [-0.39, 0.29) is 17.4 Å². The van der Waals surface area contributed by atoms with E-state index in [9.17, 15) is 4.79 Å². The zero-order valence-electron chi connectivity index (χ0n) is 12.2. The number of carbonyl (C=O) groups is 1. The second-order valence-corrected chi connectivity index (χ2v) is 11.0. The summed E-state index contributed by atoms with van der Waals surface area (Å²) in [5, 5.41) is 0. The second kappa shape index (κ2) is 5.91. The van der Waals surface area contributed by atoms with Gasteiger partial charge in [0.25, 0.3) is 0 Å². The molecule has 1 aromatic rings. The fourth-order valence-corrected chi connectivity index (χ4v) is 8.14. The van der Waals surface area contributed by atoms with Crippen molar-refractivity contribution in [3.05, 3.63) is 35.9 Å². The van der Waals surface area contributed by atoms with Gasteiger partial charge in [0, 0.05) is 5.92 Å². The molecule has 0 saturated carbocycles. The molecule has 1 fully saturated rings. The summed E-state index contributed by atoms with van der Waals surface area (Å²) in [6.07, 6.45) is 0. The monoisotopic (exact) mass is 276 g/mol. The Labute approximate surface area is 117 Å². The predicted molar refractivity (Wildman–Crippen MR) is 81.1 cm³/mol. The number of esters is 1. The van der Waals surface area contributed by atoms with Crippen LogP contribution in [0, 0.1) is 0 Å². The van der Waals surface area contributed by atoms with Crippen LogP contribution in [0.25, 0.3) is 0 Å². The molecule has 3 heteroatoms. The summed E-state index contributed by atoms with van der Waals surface area (Å²) in [5.41, 5.74) is 1.42. The van der Waals surface area contributed by atoms with E-state index in [1.807, 2.05) is 6.07 Å². The summed E-state index contributed by atoms with van der Waals surface area (Å²) < 4.78 is 5.44. The van der Waals surface area contributed by atoms with Gasteiger partial charge in [0.2, 0.25) is 0 Å². The lowest BCUT2D eigenvalue weighted by Crippen LogP contribution is -2.42. The number of cyclic esters (lactones) is 1. The van der Waals surface area contributed by atoms with Crippen molar-refractivity contribution in [2.24, 2.45) is 0 Å². The van der Waals surface area contributed by atoms with Crippen LogP contribution < -0.4 is 0 Å². The number of rotatable bonds is 5. The maximum absolute atomic E-state index is 12.3. The number of hydrogen-bond acceptors (Lipinski definition) is 2. The van der Waals surface area contributed by atoms with Crippen molar-refractivity contribution < 1.29 is 9.53 Å². The fourth-order valence-electron chi connectivity index (χ4n) is 3.60. The van der Waals surface area contributed by atoms with Crippen molar-refractivity contribution in [3.8, 4) is 0 Å². The molecule has 0 N–H and O–H groups in total. The molecule has 104 valence electrons. The summed E-state index contributed by atoms with van der Waals surface area (Å²) in [5.74, 6) is 0.339. The molecule has 2 atom stereocenters. The highest BCUT2D eigenvalue weighted by atomic mass is 28.3. The van der Waals surface area contributed by atoms with Crippen molar-refractivity contribution in [1.82, 2.24) is 0 Å². The lowest BCUT2D eigenvalue weighted by molar-refractivity contribution is -0.138. The van der Waals surface area contributed by atoms with Gasteiger partial charge in [-0.25, -0.2) is 0 Å². The average molecular weight is 276 g/mol. The zero-order chi connectivity index (χ0) is 13.9. The third kappa shape index (κ3) is 2.48. The first-order valence-electron chi connectivity index (χ1n) is 7.40. The zero-order valence-corrected chi connectivity index (χ0v) is 13.2. The molecule has 1 aliphatic rings. The van der Waals surface area contributed by atoms with Gasteiger partial charge in [-0.15, -0.1) is 0 Å². The molecule has 0 unspecified atom stereocenters. The number of ether oxygens (including phenoxy) is 1. The van der Waals surface area contributed by atoms with Crippen LogP contribution in [0.5, 0.6) is 0 Å². The van der Waals surface area contributed by atoms with Gasteiger partial charge in [-0.2, -0.15) is 0 Å². The minimum atomic E-state index is -1.57. The quantitative estimate of drug-likeness (QED) is 0.595. The molecule has 2 nitrogen and oxygen atoms in total. The Morgan fingerprint density at radius 3 is 2.21 bits per heavy atom. The maximum Gasteiger partial charge on any atom is 0.306 e. The van der Waals surface area contributed by atoms with Gasteiger partial charge in [0.15, 0.2) is 0 Å². The minimum absolute atomic E-state index is 0.0612. The van der Waals surface area contributed by atoms with Crippen LogP contribution in [0.4, 0.5) is 0 Å². The van der Waals surface area contributed by atoms with Gasteiger partial charge < -0.3 is 4.74 Å². The molecule has 0 spiro atoms. The van der Waals surface area contributed by atoms with E-state index in [1.54, 1.807) is 0 Å². The van der Waals surface area contributed by atoms with Gasteiger partial charge in [0.05, 0.1) is 20.2 Å². The molecular formula is C16H24O2Si. The number of benzene rings is 1. The largest absolute Gasteiger partial charge is 0.465 e. The van der Waals surface area contributed by atoms with Crippen LogP contribution in [-0.2, 0) is 9.53 Å². The lowest BCUT2D eigenvalue weighted by Gasteiger charge is -2.35. The Hall–Kier alpha value is -1.09. The Bertz CT molecular complexity index is 417. The molecular weight excluding hydrogens is 252 g/mol. The van der Waals surface area contributed by atoms with E-state index in [0.29, 0.717) is 6.61 Å². The van der Waals surface area contributed by atoms with Gasteiger partial charge in [0.1, 0.15) is 0 Å². The fraction of sp³-hybridized carbons (Fsp3) is 0.562. The standard InChI is InChI=1S/C16H24O2Si/c1-4-19(5-2,6-3)15-14(12-18-16(15)17)13-10-8-7-9-11-13/h7-11,14-15H,4-6,12H2,1-3H3/t14-,15-/m1/s1. The van der Waals surface area contributed by atoms with Crippen molar-refractivity contribution in [2.45, 2.75) is 50.4 Å². The molecule has 2 rings (SSSR count). The normalized spacial score (nSPS) is 23.4. The van der Waals surface area contributed by atoms with Crippen LogP contribution in [-0.4, -0.2) is 20.7 Å². The van der Waals surface area contributed by atoms with E-state index < -0.39 is 8.07 Å². The van der Waals surface area contributed by atoms with Crippen molar-refractivity contribution in [3.63, 3.8) is 0 Å². The highest BCUT2D eigenvalue weighted by Crippen LogP contribution is 2.47. The van der Waals surface area contributed by atoms with E-state index in [1.165, 1.54) is 23.7 Å². The van der Waals surface area contributed by atoms with Gasteiger partial charge in [-0.3, -0.25) is 4.79 Å². The lowest BCUT2D eigenvalue weighted by atomic mass is 9.98. The Kier molecular flexibility index (Phi) is 4.45. The van der Waals surface area contributed by atoms with Gasteiger partial charge in [-0.1, -0.05) is 69.2 Å². The van der Waals surface area contributed by atoms with Crippen LogP contribution in [0.3, 0.4) is 0 Å². The van der Waals surface area contributed by atoms with Crippen molar-refractivity contribution in [1.29, 1.82) is 0 Å². The van der Waals surface area contributed by atoms with Gasteiger partial charge in [-0.05, 0) is 5.56 Å². The molecule has 1 aromatic carbocycles. The van der Waals surface area contributed by atoms with Crippen LogP contribution >= 0.6 is 0 Å². The average Bonchev–Trinajstić information content (AvgIpc) is 2.85. The molecule has 1 aliphatic heterocycles. The summed E-state index contributed by atoms with van der Waals surface area (Å²) in [7, 11) is -1.57. The van der Waals surface area contributed by atoms with Gasteiger partial charge >= 0.3 is 5.97 Å². The summed E-state index contributed by atoms with van der Waals surface area (Å²) in [4.78, 5) is 12.3. The SMILES string of the molecule is CC[Si](CC)(CC)[C@H]1C(=O)OC[C@@H]1c1ccccc1. The van der Waals surface area contributed by atoms with E-state index >= 15 is 0 Å². The number of hydrogen-bond donors (Lipinski definition) is 0. The molecule has 1 heterocycles. The molecule has 0 bridgehead atoms. The van der Waals surface area contributed by atoms with E-state index in [2.05, 4.69) is 45.0 Å². The van der Waals surface area contributed by atoms with Crippen molar-refractivity contribution >= 4 is 14.0 Å². The smallest absolute Gasteiger partial charge is 0.306 e. The molecule has 0 aromatic heterocycles. The molecule has 0 aliphatic carbocycles. The van der Waals surface area contributed by atoms with Crippen LogP contribution in [0.1, 0.15) is 32.3 Å². The third-order valence-electron chi connectivity index (χ3n) is 5.06.